The van der Waals surface area contributed by atoms with E-state index >= 15 is 0 Å². The summed E-state index contributed by atoms with van der Waals surface area (Å²) in [6, 6.07) is 9.96. The predicted octanol–water partition coefficient (Wildman–Crippen LogP) is 4.28. The molecule has 0 saturated carbocycles. The minimum atomic E-state index is 0.676. The lowest BCUT2D eigenvalue weighted by Crippen LogP contribution is -2.02. The van der Waals surface area contributed by atoms with E-state index in [-0.39, 0.29) is 0 Å². The van der Waals surface area contributed by atoms with Crippen LogP contribution >= 0.6 is 0 Å². The number of pyridine rings is 2. The number of aromatic nitrogens is 3. The minimum absolute atomic E-state index is 0.676. The molecule has 3 heterocycles. The number of rotatable bonds is 5. The Bertz CT molecular complexity index is 1120. The van der Waals surface area contributed by atoms with Crippen LogP contribution in [0.3, 0.4) is 0 Å². The van der Waals surface area contributed by atoms with Crippen molar-refractivity contribution in [2.75, 3.05) is 12.8 Å². The monoisotopic (exact) mass is 374 g/mol. The molecule has 0 aliphatic heterocycles. The number of ether oxygens (including phenoxy) is 1. The van der Waals surface area contributed by atoms with E-state index in [1.54, 1.807) is 13.3 Å². The van der Waals surface area contributed by atoms with Crippen LogP contribution in [0.2, 0.25) is 0 Å². The molecule has 0 aliphatic rings. The lowest BCUT2D eigenvalue weighted by Gasteiger charge is -2.14. The number of hydrogen-bond donors (Lipinski definition) is 1. The van der Waals surface area contributed by atoms with Gasteiger partial charge < -0.3 is 15.0 Å². The van der Waals surface area contributed by atoms with Gasteiger partial charge in [-0.2, -0.15) is 0 Å². The van der Waals surface area contributed by atoms with E-state index < -0.39 is 0 Å². The molecule has 0 amide bonds. The Labute approximate surface area is 163 Å². The maximum atomic E-state index is 6.27. The first-order valence-electron chi connectivity index (χ1n) is 9.16. The first kappa shape index (κ1) is 18.0. The summed E-state index contributed by atoms with van der Waals surface area (Å²) in [6.45, 7) is 3.82. The molecule has 0 aliphatic carbocycles. The Morgan fingerprint density at radius 2 is 1.96 bits per heavy atom. The largest absolute Gasteiger partial charge is 0.496 e. The van der Waals surface area contributed by atoms with E-state index in [0.29, 0.717) is 5.69 Å². The van der Waals surface area contributed by atoms with Gasteiger partial charge in [-0.25, -0.2) is 0 Å². The molecule has 0 radical (unpaired) electrons. The highest BCUT2D eigenvalue weighted by Crippen LogP contribution is 2.38. The van der Waals surface area contributed by atoms with Crippen molar-refractivity contribution in [3.63, 3.8) is 0 Å². The van der Waals surface area contributed by atoms with E-state index in [4.69, 9.17) is 15.0 Å². The van der Waals surface area contributed by atoms with Gasteiger partial charge >= 0.3 is 0 Å². The molecule has 4 aromatic rings. The van der Waals surface area contributed by atoms with Gasteiger partial charge in [-0.3, -0.25) is 9.97 Å². The predicted molar refractivity (Wildman–Crippen MR) is 109 cm³/mol. The van der Waals surface area contributed by atoms with Gasteiger partial charge in [0.15, 0.2) is 0 Å². The fourth-order valence-electron chi connectivity index (χ4n) is 3.60. The van der Waals surface area contributed by atoms with Crippen LogP contribution in [0.15, 0.2) is 47.2 Å². The zero-order valence-electron chi connectivity index (χ0n) is 16.2. The van der Waals surface area contributed by atoms with Gasteiger partial charge in [-0.1, -0.05) is 11.2 Å². The third kappa shape index (κ3) is 3.17. The highest BCUT2D eigenvalue weighted by atomic mass is 16.5. The molecule has 0 spiro atoms. The summed E-state index contributed by atoms with van der Waals surface area (Å²) in [7, 11) is 1.66. The molecule has 4 rings (SSSR count). The molecule has 0 saturated heterocycles. The van der Waals surface area contributed by atoms with E-state index in [1.165, 1.54) is 0 Å². The van der Waals surface area contributed by atoms with Crippen molar-refractivity contribution >= 4 is 16.6 Å². The molecule has 0 unspecified atom stereocenters. The molecule has 1 aromatic carbocycles. The van der Waals surface area contributed by atoms with Crippen LogP contribution in [0.25, 0.3) is 22.0 Å². The Morgan fingerprint density at radius 3 is 2.64 bits per heavy atom. The first-order valence-corrected chi connectivity index (χ1v) is 9.16. The number of nitrogen functional groups attached to an aromatic ring is 1. The second kappa shape index (κ2) is 7.31. The molecular weight excluding hydrogens is 352 g/mol. The number of aryl methyl sites for hydroxylation is 4. The molecule has 142 valence electrons. The molecule has 3 aromatic heterocycles. The van der Waals surface area contributed by atoms with Gasteiger partial charge in [0.2, 0.25) is 0 Å². The van der Waals surface area contributed by atoms with Gasteiger partial charge in [-0.05, 0) is 56.5 Å². The van der Waals surface area contributed by atoms with Crippen LogP contribution in [0.1, 0.15) is 22.7 Å². The zero-order chi connectivity index (χ0) is 19.7. The van der Waals surface area contributed by atoms with Crippen LogP contribution in [-0.2, 0) is 12.8 Å². The van der Waals surface area contributed by atoms with E-state index in [2.05, 4.69) is 15.1 Å². The van der Waals surface area contributed by atoms with Crippen molar-refractivity contribution < 1.29 is 9.26 Å². The van der Waals surface area contributed by atoms with E-state index in [1.807, 2.05) is 50.4 Å². The van der Waals surface area contributed by atoms with Crippen LogP contribution < -0.4 is 10.5 Å². The lowest BCUT2D eigenvalue weighted by molar-refractivity contribution is 0.393. The molecule has 6 nitrogen and oxygen atoms in total. The normalized spacial score (nSPS) is 11.1. The Hall–Kier alpha value is -3.41. The van der Waals surface area contributed by atoms with Crippen LogP contribution in [0, 0.1) is 13.8 Å². The third-order valence-electron chi connectivity index (χ3n) is 4.99. The minimum Gasteiger partial charge on any atom is -0.496 e. The van der Waals surface area contributed by atoms with Gasteiger partial charge in [0.1, 0.15) is 11.5 Å². The van der Waals surface area contributed by atoms with Gasteiger partial charge in [-0.15, -0.1) is 0 Å². The lowest BCUT2D eigenvalue weighted by atomic mass is 9.96. The standard InChI is InChI=1S/C22H22N4O2/c1-13-22(14(2)28-26-13)18-10-20-17(11-21(18)27-3)16(19(23)12-25-20)8-7-15-6-4-5-9-24-15/h4-6,9-12H,7-8,23H2,1-3H3. The first-order chi connectivity index (χ1) is 13.6. The number of hydrogen-bond acceptors (Lipinski definition) is 6. The van der Waals surface area contributed by atoms with E-state index in [0.717, 1.165) is 63.3 Å². The summed E-state index contributed by atoms with van der Waals surface area (Å²) >= 11 is 0. The second-order valence-electron chi connectivity index (χ2n) is 6.78. The summed E-state index contributed by atoms with van der Waals surface area (Å²) in [5, 5.41) is 5.05. The number of methoxy groups -OCH3 is 1. The summed E-state index contributed by atoms with van der Waals surface area (Å²) < 4.78 is 11.0. The van der Waals surface area contributed by atoms with Crippen molar-refractivity contribution in [1.82, 2.24) is 15.1 Å². The van der Waals surface area contributed by atoms with Crippen LogP contribution in [0.4, 0.5) is 5.69 Å². The average molecular weight is 374 g/mol. The molecule has 2 N–H and O–H groups in total. The SMILES string of the molecule is COc1cc2c(CCc3ccccn3)c(N)cnc2cc1-c1c(C)noc1C. The fourth-order valence-corrected chi connectivity index (χ4v) is 3.60. The Balaban J connectivity index is 1.82. The topological polar surface area (TPSA) is 87.1 Å². The highest BCUT2D eigenvalue weighted by molar-refractivity contribution is 5.93. The van der Waals surface area contributed by atoms with Crippen LogP contribution in [0.5, 0.6) is 5.75 Å². The maximum absolute atomic E-state index is 6.27. The molecular formula is C22H22N4O2. The third-order valence-corrected chi connectivity index (χ3v) is 4.99. The fraction of sp³-hybridized carbons (Fsp3) is 0.227. The quantitative estimate of drug-likeness (QED) is 0.561. The molecule has 0 bridgehead atoms. The van der Waals surface area contributed by atoms with Gasteiger partial charge in [0, 0.05) is 22.8 Å². The average Bonchev–Trinajstić information content (AvgIpc) is 3.05. The maximum Gasteiger partial charge on any atom is 0.141 e. The Kier molecular flexibility index (Phi) is 4.69. The van der Waals surface area contributed by atoms with Gasteiger partial charge in [0.05, 0.1) is 35.8 Å². The molecule has 6 heteroatoms. The summed E-state index contributed by atoms with van der Waals surface area (Å²) in [5.74, 6) is 1.49. The molecule has 0 atom stereocenters. The molecule has 0 fully saturated rings. The number of nitrogens with zero attached hydrogens (tertiary/aromatic N) is 3. The van der Waals surface area contributed by atoms with Gasteiger partial charge in [0.25, 0.3) is 0 Å². The number of nitrogens with two attached hydrogens (primary N) is 1. The van der Waals surface area contributed by atoms with Crippen molar-refractivity contribution in [3.05, 3.63) is 65.4 Å². The summed E-state index contributed by atoms with van der Waals surface area (Å²) in [4.78, 5) is 8.96. The van der Waals surface area contributed by atoms with Crippen molar-refractivity contribution in [2.45, 2.75) is 26.7 Å². The van der Waals surface area contributed by atoms with Crippen molar-refractivity contribution in [2.24, 2.45) is 0 Å². The molecule has 28 heavy (non-hydrogen) atoms. The smallest absolute Gasteiger partial charge is 0.141 e. The number of fused-ring (bicyclic) bond motifs is 1. The zero-order valence-corrected chi connectivity index (χ0v) is 16.2. The summed E-state index contributed by atoms with van der Waals surface area (Å²) in [6.07, 6.45) is 5.11. The van der Waals surface area contributed by atoms with Crippen molar-refractivity contribution in [1.29, 1.82) is 0 Å². The highest BCUT2D eigenvalue weighted by Gasteiger charge is 2.19. The number of benzene rings is 1. The Morgan fingerprint density at radius 1 is 1.11 bits per heavy atom. The van der Waals surface area contributed by atoms with E-state index in [9.17, 15) is 0 Å². The van der Waals surface area contributed by atoms with Crippen LogP contribution in [-0.4, -0.2) is 22.2 Å². The number of anilines is 1. The second-order valence-corrected chi connectivity index (χ2v) is 6.78. The summed E-state index contributed by atoms with van der Waals surface area (Å²) in [5.41, 5.74) is 12.6. The van der Waals surface area contributed by atoms with Crippen molar-refractivity contribution in [3.8, 4) is 16.9 Å².